The fraction of sp³-hybridized carbons (Fsp3) is 0.263. The first-order valence-electron chi connectivity index (χ1n) is 8.40. The molecule has 0 aliphatic carbocycles. The number of nitrogens with zero attached hydrogens (tertiary/aromatic N) is 2. The van der Waals surface area contributed by atoms with Gasteiger partial charge in [-0.2, -0.15) is 13.2 Å². The Bertz CT molecular complexity index is 1010. The SMILES string of the molecule is Cc1ccc2nc(N3CC(C(=O)Nc4cccc(C(F)(F)F)c4)C3)sc2c1. The van der Waals surface area contributed by atoms with Crippen LogP contribution in [0.5, 0.6) is 0 Å². The summed E-state index contributed by atoms with van der Waals surface area (Å²) in [7, 11) is 0. The quantitative estimate of drug-likeness (QED) is 0.704. The minimum absolute atomic E-state index is 0.156. The van der Waals surface area contributed by atoms with E-state index < -0.39 is 11.7 Å². The Kier molecular flexibility index (Phi) is 4.30. The van der Waals surface area contributed by atoms with Crippen molar-refractivity contribution in [2.45, 2.75) is 13.1 Å². The van der Waals surface area contributed by atoms with Gasteiger partial charge in [0.05, 0.1) is 21.7 Å². The Morgan fingerprint density at radius 3 is 2.74 bits per heavy atom. The average Bonchev–Trinajstić information content (AvgIpc) is 2.95. The van der Waals surface area contributed by atoms with E-state index in [2.05, 4.69) is 16.4 Å². The molecule has 1 fully saturated rings. The summed E-state index contributed by atoms with van der Waals surface area (Å²) < 4.78 is 39.4. The second kappa shape index (κ2) is 6.53. The van der Waals surface area contributed by atoms with Gasteiger partial charge in [0.1, 0.15) is 0 Å². The van der Waals surface area contributed by atoms with Gasteiger partial charge in [-0.1, -0.05) is 23.5 Å². The number of hydrogen-bond acceptors (Lipinski definition) is 4. The maximum Gasteiger partial charge on any atom is 0.416 e. The molecule has 27 heavy (non-hydrogen) atoms. The van der Waals surface area contributed by atoms with Gasteiger partial charge in [0.15, 0.2) is 5.13 Å². The number of amides is 1. The van der Waals surface area contributed by atoms with E-state index in [1.807, 2.05) is 24.0 Å². The molecule has 1 amide bonds. The summed E-state index contributed by atoms with van der Waals surface area (Å²) in [6, 6.07) is 10.7. The van der Waals surface area contributed by atoms with Crippen LogP contribution in [0.3, 0.4) is 0 Å². The van der Waals surface area contributed by atoms with Crippen LogP contribution in [-0.4, -0.2) is 24.0 Å². The molecule has 1 N–H and O–H groups in total. The largest absolute Gasteiger partial charge is 0.416 e. The van der Waals surface area contributed by atoms with Gasteiger partial charge in [0.2, 0.25) is 5.91 Å². The lowest BCUT2D eigenvalue weighted by Crippen LogP contribution is -2.52. The van der Waals surface area contributed by atoms with Crippen LogP contribution < -0.4 is 10.2 Å². The topological polar surface area (TPSA) is 45.2 Å². The summed E-state index contributed by atoms with van der Waals surface area (Å²) in [5, 5.41) is 3.44. The van der Waals surface area contributed by atoms with Crippen LogP contribution in [-0.2, 0) is 11.0 Å². The van der Waals surface area contributed by atoms with Crippen molar-refractivity contribution < 1.29 is 18.0 Å². The van der Waals surface area contributed by atoms with Crippen molar-refractivity contribution >= 4 is 38.3 Å². The summed E-state index contributed by atoms with van der Waals surface area (Å²) in [4.78, 5) is 18.9. The Morgan fingerprint density at radius 2 is 2.00 bits per heavy atom. The van der Waals surface area contributed by atoms with Gasteiger partial charge in [-0.05, 0) is 42.8 Å². The zero-order valence-electron chi connectivity index (χ0n) is 14.4. The second-order valence-electron chi connectivity index (χ2n) is 6.64. The van der Waals surface area contributed by atoms with E-state index in [1.165, 1.54) is 17.7 Å². The molecular formula is C19H16F3N3OS. The third kappa shape index (κ3) is 3.62. The van der Waals surface area contributed by atoms with Gasteiger partial charge in [-0.25, -0.2) is 4.98 Å². The minimum atomic E-state index is -4.43. The van der Waals surface area contributed by atoms with Gasteiger partial charge in [0.25, 0.3) is 0 Å². The van der Waals surface area contributed by atoms with E-state index in [-0.39, 0.29) is 17.5 Å². The molecule has 0 unspecified atom stereocenters. The highest BCUT2D eigenvalue weighted by Crippen LogP contribution is 2.34. The third-order valence-electron chi connectivity index (χ3n) is 4.51. The number of alkyl halides is 3. The van der Waals surface area contributed by atoms with E-state index in [4.69, 9.17) is 0 Å². The molecule has 2 heterocycles. The van der Waals surface area contributed by atoms with Gasteiger partial charge in [-0.3, -0.25) is 4.79 Å². The molecule has 0 spiro atoms. The number of anilines is 2. The first kappa shape index (κ1) is 17.8. The lowest BCUT2D eigenvalue weighted by atomic mass is 10.00. The lowest BCUT2D eigenvalue weighted by molar-refractivity contribution is -0.137. The lowest BCUT2D eigenvalue weighted by Gasteiger charge is -2.37. The van der Waals surface area contributed by atoms with Gasteiger partial charge in [-0.15, -0.1) is 0 Å². The van der Waals surface area contributed by atoms with Crippen LogP contribution in [0.2, 0.25) is 0 Å². The van der Waals surface area contributed by atoms with Crippen molar-refractivity contribution in [2.75, 3.05) is 23.3 Å². The number of carbonyl (C=O) groups excluding carboxylic acids is 1. The summed E-state index contributed by atoms with van der Waals surface area (Å²) in [5.74, 6) is -0.546. The van der Waals surface area contributed by atoms with Crippen molar-refractivity contribution in [3.8, 4) is 0 Å². The molecular weight excluding hydrogens is 375 g/mol. The molecule has 1 aromatic heterocycles. The number of aromatic nitrogens is 1. The normalized spacial score (nSPS) is 15.0. The predicted octanol–water partition coefficient (Wildman–Crippen LogP) is 4.70. The molecule has 3 aromatic rings. The third-order valence-corrected chi connectivity index (χ3v) is 5.59. The molecule has 0 saturated carbocycles. The van der Waals surface area contributed by atoms with Crippen molar-refractivity contribution in [1.29, 1.82) is 0 Å². The molecule has 140 valence electrons. The Labute approximate surface area is 157 Å². The van der Waals surface area contributed by atoms with E-state index >= 15 is 0 Å². The highest BCUT2D eigenvalue weighted by atomic mass is 32.1. The Balaban J connectivity index is 1.39. The van der Waals surface area contributed by atoms with Crippen molar-refractivity contribution in [2.24, 2.45) is 5.92 Å². The standard InChI is InChI=1S/C19H16F3N3OS/c1-11-5-6-15-16(7-11)27-18(24-15)25-9-12(10-25)17(26)23-14-4-2-3-13(8-14)19(20,21)22/h2-8,12H,9-10H2,1H3,(H,23,26). The molecule has 1 aliphatic heterocycles. The van der Waals surface area contributed by atoms with Crippen molar-refractivity contribution in [1.82, 2.24) is 4.98 Å². The van der Waals surface area contributed by atoms with Crippen LogP contribution in [0.15, 0.2) is 42.5 Å². The van der Waals surface area contributed by atoms with Crippen LogP contribution in [0, 0.1) is 12.8 Å². The molecule has 4 rings (SSSR count). The average molecular weight is 391 g/mol. The monoisotopic (exact) mass is 391 g/mol. The number of benzene rings is 2. The number of hydrogen-bond donors (Lipinski definition) is 1. The number of carbonyl (C=O) groups is 1. The van der Waals surface area contributed by atoms with E-state index in [0.29, 0.717) is 13.1 Å². The maximum absolute atomic E-state index is 12.8. The summed E-state index contributed by atoms with van der Waals surface area (Å²) >= 11 is 1.58. The minimum Gasteiger partial charge on any atom is -0.346 e. The van der Waals surface area contributed by atoms with Gasteiger partial charge in [0, 0.05) is 18.8 Å². The first-order chi connectivity index (χ1) is 12.8. The number of halogens is 3. The zero-order valence-corrected chi connectivity index (χ0v) is 15.2. The van der Waals surface area contributed by atoms with E-state index in [0.717, 1.165) is 27.5 Å². The van der Waals surface area contributed by atoms with Gasteiger partial charge < -0.3 is 10.2 Å². The highest BCUT2D eigenvalue weighted by Gasteiger charge is 2.35. The Morgan fingerprint density at radius 1 is 1.22 bits per heavy atom. The molecule has 4 nitrogen and oxygen atoms in total. The predicted molar refractivity (Wildman–Crippen MR) is 100 cm³/mol. The van der Waals surface area contributed by atoms with Crippen LogP contribution in [0.25, 0.3) is 10.2 Å². The molecule has 8 heteroatoms. The summed E-state index contributed by atoms with van der Waals surface area (Å²) in [5.41, 5.74) is 1.47. The fourth-order valence-electron chi connectivity index (χ4n) is 2.97. The molecule has 0 bridgehead atoms. The van der Waals surface area contributed by atoms with Crippen molar-refractivity contribution in [3.63, 3.8) is 0 Å². The second-order valence-corrected chi connectivity index (χ2v) is 7.65. The van der Waals surface area contributed by atoms with Crippen LogP contribution >= 0.6 is 11.3 Å². The van der Waals surface area contributed by atoms with Crippen molar-refractivity contribution in [3.05, 3.63) is 53.6 Å². The molecule has 0 atom stereocenters. The summed E-state index contributed by atoms with van der Waals surface area (Å²) in [6.07, 6.45) is -4.43. The maximum atomic E-state index is 12.8. The summed E-state index contributed by atoms with van der Waals surface area (Å²) in [6.45, 7) is 3.03. The molecule has 2 aromatic carbocycles. The number of rotatable bonds is 3. The van der Waals surface area contributed by atoms with E-state index in [9.17, 15) is 18.0 Å². The van der Waals surface area contributed by atoms with E-state index in [1.54, 1.807) is 11.3 Å². The Hall–Kier alpha value is -2.61. The number of nitrogens with one attached hydrogen (secondary N) is 1. The zero-order chi connectivity index (χ0) is 19.2. The molecule has 0 radical (unpaired) electrons. The molecule has 1 aliphatic rings. The number of thiazole rings is 1. The highest BCUT2D eigenvalue weighted by molar-refractivity contribution is 7.22. The number of fused-ring (bicyclic) bond motifs is 1. The fourth-order valence-corrected chi connectivity index (χ4v) is 4.06. The van der Waals surface area contributed by atoms with Gasteiger partial charge >= 0.3 is 6.18 Å². The first-order valence-corrected chi connectivity index (χ1v) is 9.21. The number of aryl methyl sites for hydroxylation is 1. The van der Waals surface area contributed by atoms with Crippen LogP contribution in [0.4, 0.5) is 24.0 Å². The smallest absolute Gasteiger partial charge is 0.346 e. The van der Waals surface area contributed by atoms with Crippen LogP contribution in [0.1, 0.15) is 11.1 Å². The molecule has 1 saturated heterocycles.